The Morgan fingerprint density at radius 1 is 1.10 bits per heavy atom. The van der Waals surface area contributed by atoms with Crippen LogP contribution in [0.25, 0.3) is 0 Å². The van der Waals surface area contributed by atoms with E-state index in [9.17, 15) is 9.59 Å². The van der Waals surface area contributed by atoms with Crippen molar-refractivity contribution in [3.8, 4) is 5.75 Å². The Labute approximate surface area is 177 Å². The lowest BCUT2D eigenvalue weighted by atomic mass is 9.48. The van der Waals surface area contributed by atoms with Gasteiger partial charge in [0.2, 0.25) is 0 Å². The lowest BCUT2D eigenvalue weighted by molar-refractivity contribution is -0.161. The average Bonchev–Trinajstić information content (AvgIpc) is 2.73. The Kier molecular flexibility index (Phi) is 5.16. The first-order valence-electron chi connectivity index (χ1n) is 10.6. The fourth-order valence-corrected chi connectivity index (χ4v) is 6.03. The number of pyridine rings is 1. The van der Waals surface area contributed by atoms with Gasteiger partial charge in [-0.1, -0.05) is 19.4 Å². The number of methoxy groups -OCH3 is 1. The molecular weight excluding hydrogens is 378 g/mol. The minimum Gasteiger partial charge on any atom is -0.469 e. The maximum atomic E-state index is 13.0. The minimum absolute atomic E-state index is 0.115. The normalized spacial score (nSPS) is 30.0. The summed E-state index contributed by atoms with van der Waals surface area (Å²) in [6.45, 7) is 5.74. The molecule has 158 valence electrons. The van der Waals surface area contributed by atoms with E-state index in [1.807, 2.05) is 24.5 Å². The van der Waals surface area contributed by atoms with E-state index >= 15 is 0 Å². The fraction of sp³-hybridized carbons (Fsp3) is 0.480. The summed E-state index contributed by atoms with van der Waals surface area (Å²) in [6, 6.07) is 10.1. The summed E-state index contributed by atoms with van der Waals surface area (Å²) < 4.78 is 10.7. The third-order valence-electron chi connectivity index (χ3n) is 7.44. The van der Waals surface area contributed by atoms with Gasteiger partial charge in [0.15, 0.2) is 0 Å². The van der Waals surface area contributed by atoms with Crippen LogP contribution in [0.2, 0.25) is 0 Å². The van der Waals surface area contributed by atoms with Crippen molar-refractivity contribution < 1.29 is 19.1 Å². The van der Waals surface area contributed by atoms with Gasteiger partial charge in [0.25, 0.3) is 0 Å². The van der Waals surface area contributed by atoms with E-state index in [1.165, 1.54) is 30.7 Å². The van der Waals surface area contributed by atoms with Crippen molar-refractivity contribution in [1.82, 2.24) is 4.98 Å². The number of carbonyl (C=O) groups excluding carboxylic acids is 2. The molecule has 1 aromatic heterocycles. The number of esters is 2. The number of hydrogen-bond donors (Lipinski definition) is 0. The van der Waals surface area contributed by atoms with Crippen LogP contribution in [0.15, 0.2) is 42.7 Å². The van der Waals surface area contributed by atoms with Gasteiger partial charge in [0, 0.05) is 25.2 Å². The van der Waals surface area contributed by atoms with E-state index < -0.39 is 5.41 Å². The molecule has 1 fully saturated rings. The van der Waals surface area contributed by atoms with Crippen molar-refractivity contribution in [1.29, 1.82) is 0 Å². The summed E-state index contributed by atoms with van der Waals surface area (Å²) in [5.74, 6) is 0.355. The summed E-state index contributed by atoms with van der Waals surface area (Å²) in [7, 11) is 1.48. The minimum atomic E-state index is -0.553. The molecular formula is C25H29NO4. The molecule has 0 N–H and O–H groups in total. The fourth-order valence-electron chi connectivity index (χ4n) is 6.03. The van der Waals surface area contributed by atoms with E-state index in [-0.39, 0.29) is 29.2 Å². The molecule has 0 radical (unpaired) electrons. The number of carbonyl (C=O) groups is 2. The molecule has 1 saturated carbocycles. The second kappa shape index (κ2) is 7.53. The Balaban J connectivity index is 1.91. The molecule has 0 aliphatic heterocycles. The Morgan fingerprint density at radius 3 is 2.50 bits per heavy atom. The highest BCUT2D eigenvalue weighted by Crippen LogP contribution is 2.61. The van der Waals surface area contributed by atoms with Crippen LogP contribution < -0.4 is 4.74 Å². The van der Waals surface area contributed by atoms with Gasteiger partial charge in [-0.25, -0.2) is 0 Å². The van der Waals surface area contributed by atoms with Crippen molar-refractivity contribution in [2.24, 2.45) is 11.3 Å². The second-order valence-electron chi connectivity index (χ2n) is 9.14. The molecule has 0 saturated heterocycles. The van der Waals surface area contributed by atoms with Crippen LogP contribution in [0.4, 0.5) is 0 Å². The van der Waals surface area contributed by atoms with Crippen LogP contribution in [0.1, 0.15) is 69.1 Å². The molecule has 2 aliphatic rings. The highest BCUT2D eigenvalue weighted by Gasteiger charge is 2.57. The van der Waals surface area contributed by atoms with Crippen LogP contribution in [0.5, 0.6) is 5.75 Å². The van der Waals surface area contributed by atoms with E-state index in [2.05, 4.69) is 37.0 Å². The summed E-state index contributed by atoms with van der Waals surface area (Å²) in [5, 5.41) is 0. The average molecular weight is 408 g/mol. The Bertz CT molecular complexity index is 972. The van der Waals surface area contributed by atoms with Crippen molar-refractivity contribution >= 4 is 11.9 Å². The molecule has 0 amide bonds. The van der Waals surface area contributed by atoms with Crippen LogP contribution in [-0.2, 0) is 19.7 Å². The monoisotopic (exact) mass is 407 g/mol. The van der Waals surface area contributed by atoms with Gasteiger partial charge >= 0.3 is 11.9 Å². The van der Waals surface area contributed by atoms with Crippen molar-refractivity contribution in [3.05, 3.63) is 59.4 Å². The molecule has 2 aromatic rings. The molecule has 5 nitrogen and oxygen atoms in total. The molecule has 0 bridgehead atoms. The molecule has 1 aromatic carbocycles. The molecule has 1 heterocycles. The van der Waals surface area contributed by atoms with Gasteiger partial charge in [0.05, 0.1) is 12.5 Å². The molecule has 2 aliphatic carbocycles. The zero-order chi connectivity index (χ0) is 21.5. The van der Waals surface area contributed by atoms with Crippen LogP contribution in [-0.4, -0.2) is 24.0 Å². The highest BCUT2D eigenvalue weighted by atomic mass is 16.5. The maximum absolute atomic E-state index is 13.0. The zero-order valence-corrected chi connectivity index (χ0v) is 18.1. The van der Waals surface area contributed by atoms with Crippen LogP contribution in [0, 0.1) is 11.3 Å². The molecule has 0 spiro atoms. The highest BCUT2D eigenvalue weighted by molar-refractivity contribution is 5.77. The largest absolute Gasteiger partial charge is 0.469 e. The van der Waals surface area contributed by atoms with E-state index in [0.29, 0.717) is 5.75 Å². The molecule has 4 rings (SSSR count). The Morgan fingerprint density at radius 2 is 1.83 bits per heavy atom. The molecule has 0 unspecified atom stereocenters. The van der Waals surface area contributed by atoms with Crippen molar-refractivity contribution in [2.75, 3.05) is 7.11 Å². The third kappa shape index (κ3) is 3.21. The van der Waals surface area contributed by atoms with Gasteiger partial charge in [0.1, 0.15) is 5.75 Å². The van der Waals surface area contributed by atoms with Crippen molar-refractivity contribution in [3.63, 3.8) is 0 Å². The van der Waals surface area contributed by atoms with Gasteiger partial charge in [-0.3, -0.25) is 14.6 Å². The first-order valence-corrected chi connectivity index (χ1v) is 10.6. The first kappa shape index (κ1) is 20.6. The quantitative estimate of drug-likeness (QED) is 0.541. The molecule has 4 atom stereocenters. The zero-order valence-electron chi connectivity index (χ0n) is 18.1. The number of fused-ring (bicyclic) bond motifs is 3. The first-order chi connectivity index (χ1) is 14.3. The second-order valence-corrected chi connectivity index (χ2v) is 9.14. The summed E-state index contributed by atoms with van der Waals surface area (Å²) in [4.78, 5) is 28.7. The van der Waals surface area contributed by atoms with E-state index in [1.54, 1.807) is 0 Å². The van der Waals surface area contributed by atoms with Crippen LogP contribution >= 0.6 is 0 Å². The van der Waals surface area contributed by atoms with E-state index in [0.717, 1.165) is 25.7 Å². The standard InChI is InChI=1S/C25H29NO4/c1-16(27)30-18-6-7-19-20(17-8-12-26-13-9-17)15-22-24(2,21(19)14-18)10-5-11-25(22,3)23(28)29-4/h6-9,12-14,20,22H,5,10-11,15H2,1-4H3/t20-,22-,24-,25+/m1/s1. The van der Waals surface area contributed by atoms with Gasteiger partial charge in [-0.15, -0.1) is 0 Å². The van der Waals surface area contributed by atoms with Gasteiger partial charge in [-0.05, 0) is 78.5 Å². The lowest BCUT2D eigenvalue weighted by Crippen LogP contribution is -2.53. The SMILES string of the molecule is COC(=O)[C@@]1(C)CCC[C@]2(C)c3cc(OC(C)=O)ccc3[C@@H](c3ccncc3)C[C@@H]12. The Hall–Kier alpha value is -2.69. The third-order valence-corrected chi connectivity index (χ3v) is 7.44. The van der Waals surface area contributed by atoms with Crippen LogP contribution in [0.3, 0.4) is 0 Å². The van der Waals surface area contributed by atoms with Crippen molar-refractivity contribution in [2.45, 2.75) is 57.8 Å². The maximum Gasteiger partial charge on any atom is 0.311 e. The lowest BCUT2D eigenvalue weighted by Gasteiger charge is -2.55. The topological polar surface area (TPSA) is 65.5 Å². The number of benzene rings is 1. The molecule has 5 heteroatoms. The summed E-state index contributed by atoms with van der Waals surface area (Å²) in [5.41, 5.74) is 2.85. The smallest absolute Gasteiger partial charge is 0.311 e. The number of ether oxygens (including phenoxy) is 2. The summed E-state index contributed by atoms with van der Waals surface area (Å²) in [6.07, 6.45) is 7.26. The predicted octanol–water partition coefficient (Wildman–Crippen LogP) is 4.78. The predicted molar refractivity (Wildman–Crippen MR) is 113 cm³/mol. The van der Waals surface area contributed by atoms with E-state index in [4.69, 9.17) is 9.47 Å². The number of hydrogen-bond acceptors (Lipinski definition) is 5. The number of nitrogens with zero attached hydrogens (tertiary/aromatic N) is 1. The summed E-state index contributed by atoms with van der Waals surface area (Å²) >= 11 is 0. The van der Waals surface area contributed by atoms with Gasteiger partial charge < -0.3 is 9.47 Å². The number of rotatable bonds is 3. The molecule has 30 heavy (non-hydrogen) atoms. The number of aromatic nitrogens is 1. The van der Waals surface area contributed by atoms with Gasteiger partial charge in [-0.2, -0.15) is 0 Å².